The molecule has 0 amide bonds. The Morgan fingerprint density at radius 3 is 2.58 bits per heavy atom. The molecule has 3 aliphatic carbocycles. The van der Waals surface area contributed by atoms with Gasteiger partial charge in [-0.15, -0.1) is 0 Å². The van der Waals surface area contributed by atoms with Gasteiger partial charge in [-0.05, 0) is 93.1 Å². The van der Waals surface area contributed by atoms with Crippen molar-refractivity contribution in [2.45, 2.75) is 129 Å². The van der Waals surface area contributed by atoms with Crippen molar-refractivity contribution < 1.29 is 15.3 Å². The third kappa shape index (κ3) is 6.83. The maximum atomic E-state index is 10.2. The molecular weight excluding hydrogens is 408 g/mol. The van der Waals surface area contributed by atoms with Gasteiger partial charge in [0.2, 0.25) is 0 Å². The highest BCUT2D eigenvalue weighted by atomic mass is 16.3. The molecule has 0 aromatic heterocycles. The molecule has 3 saturated carbocycles. The van der Waals surface area contributed by atoms with Crippen molar-refractivity contribution in [1.29, 1.82) is 0 Å². The fourth-order valence-electron chi connectivity index (χ4n) is 7.26. The number of rotatable bonds is 9. The van der Waals surface area contributed by atoms with E-state index < -0.39 is 17.8 Å². The Kier molecular flexibility index (Phi) is 9.08. The second-order valence-corrected chi connectivity index (χ2v) is 12.4. The zero-order valence-electron chi connectivity index (χ0n) is 21.8. The Morgan fingerprint density at radius 1 is 1.12 bits per heavy atom. The fraction of sp³-hybridized carbons (Fsp3) is 0.800. The average Bonchev–Trinajstić information content (AvgIpc) is 3.08. The molecule has 3 N–H and O–H groups in total. The molecule has 0 heterocycles. The van der Waals surface area contributed by atoms with Crippen molar-refractivity contribution in [1.82, 2.24) is 0 Å². The van der Waals surface area contributed by atoms with Crippen molar-refractivity contribution in [2.75, 3.05) is 0 Å². The molecular formula is C30H50O3. The van der Waals surface area contributed by atoms with E-state index in [2.05, 4.69) is 32.6 Å². The molecule has 0 saturated heterocycles. The first-order chi connectivity index (χ1) is 15.5. The van der Waals surface area contributed by atoms with E-state index in [1.54, 1.807) is 5.57 Å². The Bertz CT molecular complexity index is 727. The maximum absolute atomic E-state index is 10.2. The van der Waals surface area contributed by atoms with Crippen LogP contribution in [0.25, 0.3) is 0 Å². The number of aliphatic hydroxyl groups excluding tert-OH is 2. The number of aliphatic hydroxyl groups is 3. The molecule has 0 unspecified atom stereocenters. The second kappa shape index (κ2) is 11.2. The summed E-state index contributed by atoms with van der Waals surface area (Å²) in [6.45, 7) is 12.9. The molecule has 3 fully saturated rings. The van der Waals surface area contributed by atoms with E-state index in [9.17, 15) is 15.3 Å². The van der Waals surface area contributed by atoms with E-state index >= 15 is 0 Å². The molecule has 3 nitrogen and oxygen atoms in total. The van der Waals surface area contributed by atoms with Crippen LogP contribution in [0.5, 0.6) is 0 Å². The molecule has 188 valence electrons. The number of fused-ring (bicyclic) bond motifs is 1. The second-order valence-electron chi connectivity index (χ2n) is 12.4. The van der Waals surface area contributed by atoms with Crippen molar-refractivity contribution >= 4 is 0 Å². The van der Waals surface area contributed by atoms with Gasteiger partial charge >= 0.3 is 0 Å². The van der Waals surface area contributed by atoms with Gasteiger partial charge in [0.15, 0.2) is 0 Å². The highest BCUT2D eigenvalue weighted by molar-refractivity contribution is 5.38. The van der Waals surface area contributed by atoms with Gasteiger partial charge in [-0.25, -0.2) is 0 Å². The Morgan fingerprint density at radius 2 is 1.85 bits per heavy atom. The van der Waals surface area contributed by atoms with E-state index in [0.29, 0.717) is 24.2 Å². The molecule has 0 spiro atoms. The van der Waals surface area contributed by atoms with Crippen LogP contribution in [0.2, 0.25) is 0 Å². The fourth-order valence-corrected chi connectivity index (χ4v) is 7.26. The first kappa shape index (κ1) is 26.7. The molecule has 0 aromatic carbocycles. The summed E-state index contributed by atoms with van der Waals surface area (Å²) in [6.07, 6.45) is 18.1. The van der Waals surface area contributed by atoms with E-state index in [1.165, 1.54) is 57.8 Å². The lowest BCUT2D eigenvalue weighted by atomic mass is 9.60. The van der Waals surface area contributed by atoms with E-state index in [4.69, 9.17) is 0 Å². The van der Waals surface area contributed by atoms with Crippen molar-refractivity contribution in [2.24, 2.45) is 23.2 Å². The summed E-state index contributed by atoms with van der Waals surface area (Å²) in [7, 11) is 0. The lowest BCUT2D eigenvalue weighted by Gasteiger charge is -2.44. The third-order valence-corrected chi connectivity index (χ3v) is 9.19. The molecule has 3 rings (SSSR count). The third-order valence-electron chi connectivity index (χ3n) is 9.19. The van der Waals surface area contributed by atoms with Crippen LogP contribution in [0.15, 0.2) is 35.5 Å². The number of allylic oxidation sites excluding steroid dienone is 3. The van der Waals surface area contributed by atoms with Crippen LogP contribution in [0.3, 0.4) is 0 Å². The first-order valence-corrected chi connectivity index (χ1v) is 13.7. The molecule has 0 aromatic rings. The smallest absolute Gasteiger partial charge is 0.0811 e. The van der Waals surface area contributed by atoms with Gasteiger partial charge in [-0.3, -0.25) is 0 Å². The SMILES string of the molecule is C=C1C(=CC=C2CCC[C@]3(C)[C@@H]([C@H](C)CCCCCCC(C)(C)O)CC[C@@H]23)C[C@@H](O)C[C@@H]1O. The molecule has 33 heavy (non-hydrogen) atoms. The molecule has 0 bridgehead atoms. The normalized spacial score (nSPS) is 36.4. The standard InChI is InChI=1S/C30H50O3/c1-21(11-8-6-7-9-17-29(3,4)33)26-15-16-27-23(12-10-18-30(26,27)5)13-14-24-19-25(31)20-28(32)22(24)2/h13-14,21,25-28,31-33H,2,6-12,15-20H2,1,3-5H3/t21-,25-,26-,27+,28+,30-/m1/s1. The lowest BCUT2D eigenvalue weighted by molar-refractivity contribution is 0.0677. The summed E-state index contributed by atoms with van der Waals surface area (Å²) in [5.74, 6) is 2.26. The van der Waals surface area contributed by atoms with Gasteiger partial charge in [0.1, 0.15) is 0 Å². The molecule has 6 atom stereocenters. The largest absolute Gasteiger partial charge is 0.393 e. The van der Waals surface area contributed by atoms with Gasteiger partial charge in [0.25, 0.3) is 0 Å². The van der Waals surface area contributed by atoms with Crippen LogP contribution in [-0.2, 0) is 0 Å². The minimum atomic E-state index is -0.609. The van der Waals surface area contributed by atoms with Gasteiger partial charge in [0, 0.05) is 6.42 Å². The number of unbranched alkanes of at least 4 members (excludes halogenated alkanes) is 3. The Balaban J connectivity index is 1.57. The van der Waals surface area contributed by atoms with Crippen LogP contribution < -0.4 is 0 Å². The minimum Gasteiger partial charge on any atom is -0.393 e. The van der Waals surface area contributed by atoms with Gasteiger partial charge < -0.3 is 15.3 Å². The summed E-state index contributed by atoms with van der Waals surface area (Å²) in [5, 5.41) is 30.1. The van der Waals surface area contributed by atoms with Crippen LogP contribution in [-0.4, -0.2) is 33.1 Å². The molecule has 3 heteroatoms. The summed E-state index contributed by atoms with van der Waals surface area (Å²) in [4.78, 5) is 0. The van der Waals surface area contributed by atoms with Crippen LogP contribution in [0.1, 0.15) is 111 Å². The van der Waals surface area contributed by atoms with Gasteiger partial charge in [-0.1, -0.05) is 70.3 Å². The number of hydrogen-bond donors (Lipinski definition) is 3. The summed E-state index contributed by atoms with van der Waals surface area (Å²) in [6, 6.07) is 0. The summed E-state index contributed by atoms with van der Waals surface area (Å²) < 4.78 is 0. The van der Waals surface area contributed by atoms with E-state index in [1.807, 2.05) is 13.8 Å². The predicted molar refractivity (Wildman–Crippen MR) is 138 cm³/mol. The quantitative estimate of drug-likeness (QED) is 0.330. The van der Waals surface area contributed by atoms with Crippen LogP contribution >= 0.6 is 0 Å². The minimum absolute atomic E-state index is 0.408. The van der Waals surface area contributed by atoms with Crippen molar-refractivity contribution in [3.05, 3.63) is 35.5 Å². The molecule has 0 aliphatic heterocycles. The molecule has 3 aliphatic rings. The summed E-state index contributed by atoms with van der Waals surface area (Å²) >= 11 is 0. The highest BCUT2D eigenvalue weighted by Gasteiger charge is 2.50. The Labute approximate surface area is 203 Å². The average molecular weight is 459 g/mol. The molecule has 0 radical (unpaired) electrons. The van der Waals surface area contributed by atoms with E-state index in [0.717, 1.165) is 35.8 Å². The van der Waals surface area contributed by atoms with Gasteiger partial charge in [-0.2, -0.15) is 0 Å². The van der Waals surface area contributed by atoms with E-state index in [-0.39, 0.29) is 0 Å². The Hall–Kier alpha value is -0.900. The zero-order valence-corrected chi connectivity index (χ0v) is 21.8. The van der Waals surface area contributed by atoms with Crippen molar-refractivity contribution in [3.8, 4) is 0 Å². The number of hydrogen-bond acceptors (Lipinski definition) is 3. The van der Waals surface area contributed by atoms with Crippen molar-refractivity contribution in [3.63, 3.8) is 0 Å². The highest BCUT2D eigenvalue weighted by Crippen LogP contribution is 2.60. The summed E-state index contributed by atoms with van der Waals surface area (Å²) in [5.41, 5.74) is 3.28. The maximum Gasteiger partial charge on any atom is 0.0811 e. The predicted octanol–water partition coefficient (Wildman–Crippen LogP) is 6.88. The van der Waals surface area contributed by atoms with Crippen LogP contribution in [0.4, 0.5) is 0 Å². The van der Waals surface area contributed by atoms with Gasteiger partial charge in [0.05, 0.1) is 17.8 Å². The zero-order chi connectivity index (χ0) is 24.2. The van der Waals surface area contributed by atoms with Crippen LogP contribution in [0, 0.1) is 23.2 Å². The lowest BCUT2D eigenvalue weighted by Crippen LogP contribution is -2.36. The first-order valence-electron chi connectivity index (χ1n) is 13.7. The monoisotopic (exact) mass is 458 g/mol. The topological polar surface area (TPSA) is 60.7 Å².